The topological polar surface area (TPSA) is 8.17 Å². The van der Waals surface area contributed by atoms with Crippen LogP contribution in [0, 0.1) is 13.8 Å². The highest BCUT2D eigenvalue weighted by atomic mass is 15.1. The fourth-order valence-corrected chi connectivity index (χ4v) is 14.5. The van der Waals surface area contributed by atoms with Crippen molar-refractivity contribution in [3.05, 3.63) is 326 Å². The number of para-hydroxylation sites is 1. The number of rotatable bonds is 10. The number of fused-ring (bicyclic) bond motifs is 8. The number of nitrogens with zero attached hydrogens (tertiary/aromatic N) is 2. The van der Waals surface area contributed by atoms with Gasteiger partial charge in [0.25, 0.3) is 0 Å². The Labute approximate surface area is 509 Å². The minimum absolute atomic E-state index is 0.101. The van der Waals surface area contributed by atoms with Crippen LogP contribution < -0.4 is 4.90 Å². The quantitative estimate of drug-likeness (QED) is 0.124. The van der Waals surface area contributed by atoms with E-state index in [9.17, 15) is 0 Å². The van der Waals surface area contributed by atoms with Crippen molar-refractivity contribution >= 4 is 60.4 Å². The normalized spacial score (nSPS) is 12.5. The van der Waals surface area contributed by atoms with Gasteiger partial charge in [-0.3, -0.25) is 0 Å². The molecule has 1 aliphatic carbocycles. The van der Waals surface area contributed by atoms with Gasteiger partial charge in [0, 0.05) is 38.9 Å². The van der Waals surface area contributed by atoms with Crippen LogP contribution in [0.25, 0.3) is 127 Å². The van der Waals surface area contributed by atoms with Crippen molar-refractivity contribution in [2.75, 3.05) is 4.90 Å². The van der Waals surface area contributed by atoms with E-state index in [4.69, 9.17) is 0 Å². The number of hydrogen-bond donors (Lipinski definition) is 0. The zero-order chi connectivity index (χ0) is 58.3. The molecular weight excluding hydrogens is 1050 g/mol. The average Bonchev–Trinajstić information content (AvgIpc) is 1.96. The van der Waals surface area contributed by atoms with Crippen LogP contribution in [-0.4, -0.2) is 4.57 Å². The summed E-state index contributed by atoms with van der Waals surface area (Å²) in [7, 11) is 0. The molecule has 15 aromatic rings. The molecule has 0 saturated heterocycles. The summed E-state index contributed by atoms with van der Waals surface area (Å²) in [5.74, 6) is 0. The smallest absolute Gasteiger partial charge is 0.0541 e. The Morgan fingerprint density at radius 2 is 0.701 bits per heavy atom. The van der Waals surface area contributed by atoms with Crippen LogP contribution in [0.15, 0.2) is 303 Å². The summed E-state index contributed by atoms with van der Waals surface area (Å²) in [5, 5.41) is 7.45. The molecule has 2 heteroatoms. The first-order valence-electron chi connectivity index (χ1n) is 30.4. The molecule has 412 valence electrons. The number of aryl methyl sites for hydroxylation is 2. The Balaban J connectivity index is 0.819. The van der Waals surface area contributed by atoms with Crippen molar-refractivity contribution in [2.45, 2.75) is 33.1 Å². The third kappa shape index (κ3) is 8.54. The summed E-state index contributed by atoms with van der Waals surface area (Å²) in [4.78, 5) is 2.43. The third-order valence-corrected chi connectivity index (χ3v) is 18.6. The zero-order valence-corrected chi connectivity index (χ0v) is 49.3. The van der Waals surface area contributed by atoms with E-state index in [1.807, 2.05) is 0 Å². The van der Waals surface area contributed by atoms with Gasteiger partial charge in [-0.25, -0.2) is 0 Å². The summed E-state index contributed by atoms with van der Waals surface area (Å²) in [5.41, 5.74) is 29.2. The van der Waals surface area contributed by atoms with Crippen molar-refractivity contribution in [3.63, 3.8) is 0 Å². The Morgan fingerprint density at radius 1 is 0.276 bits per heavy atom. The SMILES string of the molecule is Cc1cc(N(c2ccccc2)c2ccc(-n3c4ccc(-c5ccccc5-c5ccccc5)cc4c4cc(-c5ccccc5-c5ccccc5)ccc43)cc2)c(C)cc1-c1c2ccccc2c(-c2ccc3c(c2)C(C)(C)c2ccccc2-3)c2ccccc12. The monoisotopic (exact) mass is 1110 g/mol. The minimum Gasteiger partial charge on any atom is -0.310 e. The van der Waals surface area contributed by atoms with Crippen molar-refractivity contribution in [1.29, 1.82) is 0 Å². The molecule has 0 unspecified atom stereocenters. The maximum atomic E-state index is 2.48. The first-order valence-corrected chi connectivity index (χ1v) is 30.4. The molecule has 0 saturated carbocycles. The largest absolute Gasteiger partial charge is 0.310 e. The predicted octanol–water partition coefficient (Wildman–Crippen LogP) is 23.5. The molecule has 0 radical (unpaired) electrons. The molecule has 1 aromatic heterocycles. The van der Waals surface area contributed by atoms with Gasteiger partial charge in [0.15, 0.2) is 0 Å². The fraction of sp³-hybridized carbons (Fsp3) is 0.0588. The highest BCUT2D eigenvalue weighted by molar-refractivity contribution is 6.22. The maximum Gasteiger partial charge on any atom is 0.0541 e. The number of benzene rings is 14. The van der Waals surface area contributed by atoms with Gasteiger partial charge in [0.1, 0.15) is 0 Å². The van der Waals surface area contributed by atoms with E-state index in [-0.39, 0.29) is 5.41 Å². The van der Waals surface area contributed by atoms with E-state index >= 15 is 0 Å². The van der Waals surface area contributed by atoms with Crippen LogP contribution in [0.5, 0.6) is 0 Å². The van der Waals surface area contributed by atoms with E-state index in [0.29, 0.717) is 0 Å². The van der Waals surface area contributed by atoms with Crippen molar-refractivity contribution in [3.8, 4) is 83.6 Å². The molecule has 0 atom stereocenters. The summed E-state index contributed by atoms with van der Waals surface area (Å²) in [6.07, 6.45) is 0. The van der Waals surface area contributed by atoms with E-state index in [2.05, 4.69) is 340 Å². The highest BCUT2D eigenvalue weighted by Gasteiger charge is 2.36. The zero-order valence-electron chi connectivity index (χ0n) is 49.3. The Kier molecular flexibility index (Phi) is 12.4. The summed E-state index contributed by atoms with van der Waals surface area (Å²) < 4.78 is 2.45. The minimum atomic E-state index is -0.101. The molecule has 0 fully saturated rings. The average molecular weight is 1110 g/mol. The molecule has 1 heterocycles. The summed E-state index contributed by atoms with van der Waals surface area (Å²) in [6.45, 7) is 9.33. The lowest BCUT2D eigenvalue weighted by atomic mass is 9.80. The van der Waals surface area contributed by atoms with Gasteiger partial charge in [-0.05, 0) is 214 Å². The highest BCUT2D eigenvalue weighted by Crippen LogP contribution is 2.52. The predicted molar refractivity (Wildman–Crippen MR) is 370 cm³/mol. The second kappa shape index (κ2) is 20.8. The van der Waals surface area contributed by atoms with E-state index in [0.717, 1.165) is 33.8 Å². The van der Waals surface area contributed by atoms with Crippen LogP contribution in [0.2, 0.25) is 0 Å². The summed E-state index contributed by atoms with van der Waals surface area (Å²) >= 11 is 0. The Morgan fingerprint density at radius 3 is 1.24 bits per heavy atom. The number of hydrogen-bond acceptors (Lipinski definition) is 1. The molecule has 0 spiro atoms. The van der Waals surface area contributed by atoms with Gasteiger partial charge in [-0.15, -0.1) is 0 Å². The van der Waals surface area contributed by atoms with Crippen molar-refractivity contribution < 1.29 is 0 Å². The van der Waals surface area contributed by atoms with Crippen LogP contribution in [-0.2, 0) is 5.41 Å². The molecular formula is C85H62N2. The summed E-state index contributed by atoms with van der Waals surface area (Å²) in [6, 6.07) is 112. The van der Waals surface area contributed by atoms with Gasteiger partial charge in [-0.1, -0.05) is 238 Å². The molecule has 14 aromatic carbocycles. The van der Waals surface area contributed by atoms with E-state index in [1.54, 1.807) is 0 Å². The number of anilines is 3. The molecule has 0 aliphatic heterocycles. The van der Waals surface area contributed by atoms with Crippen molar-refractivity contribution in [1.82, 2.24) is 4.57 Å². The van der Waals surface area contributed by atoms with Crippen LogP contribution in [0.1, 0.15) is 36.1 Å². The molecule has 16 rings (SSSR count). The lowest BCUT2D eigenvalue weighted by Crippen LogP contribution is -2.14. The second-order valence-corrected chi connectivity index (χ2v) is 24.0. The molecule has 0 bridgehead atoms. The van der Waals surface area contributed by atoms with Gasteiger partial charge in [0.05, 0.1) is 11.0 Å². The molecule has 2 nitrogen and oxygen atoms in total. The second-order valence-electron chi connectivity index (χ2n) is 24.0. The Bertz CT molecular complexity index is 4990. The maximum absolute atomic E-state index is 2.48. The van der Waals surface area contributed by atoms with Gasteiger partial charge >= 0.3 is 0 Å². The van der Waals surface area contributed by atoms with Crippen LogP contribution in [0.4, 0.5) is 17.1 Å². The lowest BCUT2D eigenvalue weighted by molar-refractivity contribution is 0.660. The third-order valence-electron chi connectivity index (χ3n) is 18.6. The molecule has 0 N–H and O–H groups in total. The van der Waals surface area contributed by atoms with Gasteiger partial charge < -0.3 is 9.47 Å². The molecule has 1 aliphatic rings. The fourth-order valence-electron chi connectivity index (χ4n) is 14.5. The molecule has 87 heavy (non-hydrogen) atoms. The van der Waals surface area contributed by atoms with Crippen molar-refractivity contribution in [2.24, 2.45) is 0 Å². The van der Waals surface area contributed by atoms with Crippen LogP contribution in [0.3, 0.4) is 0 Å². The molecule has 0 amide bonds. The van der Waals surface area contributed by atoms with Gasteiger partial charge in [-0.2, -0.15) is 0 Å². The van der Waals surface area contributed by atoms with E-state index in [1.165, 1.54) is 132 Å². The number of aromatic nitrogens is 1. The first-order chi connectivity index (χ1) is 42.8. The van der Waals surface area contributed by atoms with Crippen LogP contribution >= 0.6 is 0 Å². The first kappa shape index (κ1) is 51.8. The standard InChI is InChI=1S/C85H62N2/c1-55-51-82(56(2)50-75(55)84-73-37-20-18-35-71(73)83(72-36-19-21-38-74(72)84)61-40-47-70-69-34-22-23-39-78(69)85(3,4)79(70)54-61)86(62-28-12-7-13-29-62)63-43-45-64(46-44-63)87-80-48-41-59(67-32-16-14-30-65(67)57-24-8-5-9-25-57)52-76(80)77-53-60(42-49-81(77)87)68-33-17-15-31-66(68)58-26-10-6-11-27-58/h5-54H,1-4H3. The Hall–Kier alpha value is -10.8. The lowest BCUT2D eigenvalue weighted by Gasteiger charge is -2.29. The van der Waals surface area contributed by atoms with E-state index < -0.39 is 0 Å². The van der Waals surface area contributed by atoms with Gasteiger partial charge in [0.2, 0.25) is 0 Å².